The van der Waals surface area contributed by atoms with Crippen LogP contribution >= 0.6 is 22.6 Å². The molecule has 0 spiro atoms. The van der Waals surface area contributed by atoms with Crippen LogP contribution in [-0.2, 0) is 0 Å². The molecule has 1 saturated heterocycles. The molecule has 1 aliphatic heterocycles. The maximum atomic E-state index is 14.2. The third-order valence-electron chi connectivity index (χ3n) is 3.67. The molecule has 0 saturated carbocycles. The highest BCUT2D eigenvalue weighted by molar-refractivity contribution is 14.1. The largest absolute Gasteiger partial charge is 0.352 e. The highest BCUT2D eigenvalue weighted by Crippen LogP contribution is 2.29. The van der Waals surface area contributed by atoms with Crippen molar-refractivity contribution in [2.75, 3.05) is 18.4 Å². The number of benzene rings is 2. The summed E-state index contributed by atoms with van der Waals surface area (Å²) in [5.74, 6) is -3.06. The number of rotatable bonds is 3. The average Bonchev–Trinajstić information content (AvgIpc) is 2.46. The Hall–Kier alpha value is -1.81. The van der Waals surface area contributed by atoms with Crippen molar-refractivity contribution >= 4 is 39.9 Å². The molecule has 0 atom stereocenters. The highest BCUT2D eigenvalue weighted by atomic mass is 127. The van der Waals surface area contributed by atoms with Crippen LogP contribution in [-0.4, -0.2) is 29.9 Å². The smallest absolute Gasteiger partial charge is 0.259 e. The predicted octanol–water partition coefficient (Wildman–Crippen LogP) is 3.24. The van der Waals surface area contributed by atoms with E-state index in [0.717, 1.165) is 6.07 Å². The normalized spacial score (nSPS) is 14.5. The molecule has 24 heavy (non-hydrogen) atoms. The molecule has 0 radical (unpaired) electrons. The lowest BCUT2D eigenvalue weighted by Gasteiger charge is -2.37. The van der Waals surface area contributed by atoms with Gasteiger partial charge in [0, 0.05) is 28.8 Å². The maximum Gasteiger partial charge on any atom is 0.259 e. The van der Waals surface area contributed by atoms with Gasteiger partial charge in [-0.25, -0.2) is 13.2 Å². The summed E-state index contributed by atoms with van der Waals surface area (Å²) in [5.41, 5.74) is 5.19. The lowest BCUT2D eigenvalue weighted by atomic mass is 10.0. The third kappa shape index (κ3) is 3.34. The summed E-state index contributed by atoms with van der Waals surface area (Å²) in [4.78, 5) is 13.8. The molecule has 0 unspecified atom stereocenters. The number of likely N-dealkylation sites (tertiary alicyclic amines) is 1. The molecule has 3 rings (SSSR count). The fourth-order valence-corrected chi connectivity index (χ4v) is 2.92. The second-order valence-electron chi connectivity index (χ2n) is 5.53. The standard InChI is InChI=1S/C16H13F3IN3O/c17-8-3-12(19)15(16(24)23-6-10(21)7-23)14(4-8)22-13-2-1-9(20)5-11(13)18/h1-5,10,22H,6-7,21H2. The van der Waals surface area contributed by atoms with Gasteiger partial charge < -0.3 is 16.0 Å². The van der Waals surface area contributed by atoms with Crippen LogP contribution in [0.1, 0.15) is 10.4 Å². The number of hydrogen-bond donors (Lipinski definition) is 2. The van der Waals surface area contributed by atoms with E-state index in [0.29, 0.717) is 22.7 Å². The monoisotopic (exact) mass is 447 g/mol. The van der Waals surface area contributed by atoms with Gasteiger partial charge in [0.15, 0.2) is 0 Å². The van der Waals surface area contributed by atoms with Crippen molar-refractivity contribution in [3.05, 3.63) is 56.9 Å². The van der Waals surface area contributed by atoms with Crippen LogP contribution in [0.3, 0.4) is 0 Å². The van der Waals surface area contributed by atoms with Gasteiger partial charge in [-0.2, -0.15) is 0 Å². The summed E-state index contributed by atoms with van der Waals surface area (Å²) in [6.07, 6.45) is 0. The highest BCUT2D eigenvalue weighted by Gasteiger charge is 2.32. The Labute approximate surface area is 150 Å². The number of anilines is 2. The van der Waals surface area contributed by atoms with Crippen LogP contribution in [0.2, 0.25) is 0 Å². The number of carbonyl (C=O) groups excluding carboxylic acids is 1. The van der Waals surface area contributed by atoms with Crippen molar-refractivity contribution in [2.24, 2.45) is 5.73 Å². The molecule has 2 aromatic rings. The minimum absolute atomic E-state index is 0.0229. The molecular formula is C16H13F3IN3O. The van der Waals surface area contributed by atoms with Crippen molar-refractivity contribution in [3.8, 4) is 0 Å². The summed E-state index contributed by atoms with van der Waals surface area (Å²) >= 11 is 1.94. The maximum absolute atomic E-state index is 14.2. The predicted molar refractivity (Wildman–Crippen MR) is 92.6 cm³/mol. The number of halogens is 4. The average molecular weight is 447 g/mol. The van der Waals surface area contributed by atoms with Gasteiger partial charge in [0.05, 0.1) is 16.9 Å². The van der Waals surface area contributed by atoms with Crippen molar-refractivity contribution in [1.82, 2.24) is 4.90 Å². The van der Waals surface area contributed by atoms with Crippen molar-refractivity contribution < 1.29 is 18.0 Å². The Morgan fingerprint density at radius 1 is 1.12 bits per heavy atom. The molecule has 126 valence electrons. The van der Waals surface area contributed by atoms with Crippen LogP contribution < -0.4 is 11.1 Å². The number of amides is 1. The third-order valence-corrected chi connectivity index (χ3v) is 4.34. The first kappa shape index (κ1) is 17.0. The van der Waals surface area contributed by atoms with Gasteiger partial charge in [-0.15, -0.1) is 0 Å². The Bertz CT molecular complexity index is 809. The van der Waals surface area contributed by atoms with E-state index in [1.54, 1.807) is 6.07 Å². The molecular weight excluding hydrogens is 434 g/mol. The van der Waals surface area contributed by atoms with Crippen molar-refractivity contribution in [2.45, 2.75) is 6.04 Å². The van der Waals surface area contributed by atoms with E-state index in [4.69, 9.17) is 5.73 Å². The van der Waals surface area contributed by atoms with Gasteiger partial charge >= 0.3 is 0 Å². The van der Waals surface area contributed by atoms with Crippen molar-refractivity contribution in [1.29, 1.82) is 0 Å². The van der Waals surface area contributed by atoms with E-state index in [-0.39, 0.29) is 23.0 Å². The van der Waals surface area contributed by atoms with E-state index in [2.05, 4.69) is 5.32 Å². The second-order valence-corrected chi connectivity index (χ2v) is 6.78. The topological polar surface area (TPSA) is 58.4 Å². The molecule has 0 aromatic heterocycles. The second kappa shape index (κ2) is 6.60. The summed E-state index contributed by atoms with van der Waals surface area (Å²) in [7, 11) is 0. The first-order chi connectivity index (χ1) is 11.3. The summed E-state index contributed by atoms with van der Waals surface area (Å²) in [5, 5.41) is 2.61. The lowest BCUT2D eigenvalue weighted by molar-refractivity contribution is 0.0604. The zero-order valence-corrected chi connectivity index (χ0v) is 14.5. The van der Waals surface area contributed by atoms with Gasteiger partial charge in [0.2, 0.25) is 0 Å². The van der Waals surface area contributed by atoms with Crippen molar-refractivity contribution in [3.63, 3.8) is 0 Å². The van der Waals surface area contributed by atoms with Crippen LogP contribution in [0.25, 0.3) is 0 Å². The number of nitrogens with zero attached hydrogens (tertiary/aromatic N) is 1. The summed E-state index contributed by atoms with van der Waals surface area (Å²) in [6.45, 7) is 0.597. The van der Waals surface area contributed by atoms with Gasteiger partial charge in [-0.3, -0.25) is 4.79 Å². The Morgan fingerprint density at radius 2 is 1.83 bits per heavy atom. The van der Waals surface area contributed by atoms with E-state index in [9.17, 15) is 18.0 Å². The Kier molecular flexibility index (Phi) is 4.68. The fraction of sp³-hybridized carbons (Fsp3) is 0.188. The van der Waals surface area contributed by atoms with Gasteiger partial charge in [0.25, 0.3) is 5.91 Å². The first-order valence-corrected chi connectivity index (χ1v) is 8.19. The Morgan fingerprint density at radius 3 is 2.46 bits per heavy atom. The molecule has 4 nitrogen and oxygen atoms in total. The van der Waals surface area contributed by atoms with E-state index in [1.165, 1.54) is 17.0 Å². The molecule has 0 aliphatic carbocycles. The van der Waals surface area contributed by atoms with Gasteiger partial charge in [0.1, 0.15) is 17.5 Å². The molecule has 0 bridgehead atoms. The Balaban J connectivity index is 1.98. The molecule has 1 heterocycles. The zero-order valence-electron chi connectivity index (χ0n) is 12.3. The zero-order chi connectivity index (χ0) is 17.4. The number of hydrogen-bond acceptors (Lipinski definition) is 3. The minimum Gasteiger partial charge on any atom is -0.352 e. The van der Waals surface area contributed by atoms with Crippen LogP contribution in [0, 0.1) is 21.0 Å². The molecule has 1 aliphatic rings. The first-order valence-electron chi connectivity index (χ1n) is 7.11. The van der Waals surface area contributed by atoms with E-state index in [1.807, 2.05) is 22.6 Å². The summed E-state index contributed by atoms with van der Waals surface area (Å²) in [6, 6.07) is 5.79. The molecule has 2 aromatic carbocycles. The summed E-state index contributed by atoms with van der Waals surface area (Å²) < 4.78 is 42.4. The number of nitrogens with two attached hydrogens (primary N) is 1. The number of carbonyl (C=O) groups is 1. The molecule has 1 amide bonds. The molecule has 1 fully saturated rings. The lowest BCUT2D eigenvalue weighted by Crippen LogP contribution is -2.58. The van der Waals surface area contributed by atoms with E-state index >= 15 is 0 Å². The van der Waals surface area contributed by atoms with Crippen LogP contribution in [0.4, 0.5) is 24.5 Å². The van der Waals surface area contributed by atoms with Crippen LogP contribution in [0.5, 0.6) is 0 Å². The molecule has 8 heteroatoms. The minimum atomic E-state index is -1.01. The van der Waals surface area contributed by atoms with Gasteiger partial charge in [-0.05, 0) is 46.9 Å². The number of nitrogens with one attached hydrogen (secondary N) is 1. The van der Waals surface area contributed by atoms with Gasteiger partial charge in [-0.1, -0.05) is 0 Å². The quantitative estimate of drug-likeness (QED) is 0.711. The fourth-order valence-electron chi connectivity index (χ4n) is 2.46. The van der Waals surface area contributed by atoms with E-state index < -0.39 is 23.4 Å². The SMILES string of the molecule is NC1CN(C(=O)c2c(F)cc(F)cc2Nc2ccc(I)cc2F)C1. The molecule has 3 N–H and O–H groups in total. The van der Waals surface area contributed by atoms with Crippen LogP contribution in [0.15, 0.2) is 30.3 Å².